The van der Waals surface area contributed by atoms with E-state index in [0.717, 1.165) is 15.6 Å². The molecule has 0 aliphatic carbocycles. The topological polar surface area (TPSA) is 70.1 Å². The SMILES string of the molecule is Cc1cc(/C(O)=C2\C(=O)C(=O)N(CCN(C)C)[C@H]2c2ccc(Br)cc2)ccc1OC(C)C. The third kappa shape index (κ3) is 5.05. The number of likely N-dealkylation sites (N-methyl/N-ethyl adjacent to an activating group) is 1. The maximum atomic E-state index is 13.1. The number of rotatable bonds is 7. The molecule has 1 fully saturated rings. The zero-order valence-corrected chi connectivity index (χ0v) is 20.6. The molecule has 1 aliphatic heterocycles. The van der Waals surface area contributed by atoms with Crippen LogP contribution >= 0.6 is 15.9 Å². The predicted molar refractivity (Wildman–Crippen MR) is 129 cm³/mol. The normalized spacial score (nSPS) is 18.1. The second-order valence-corrected chi connectivity index (χ2v) is 9.41. The monoisotopic (exact) mass is 500 g/mol. The van der Waals surface area contributed by atoms with E-state index >= 15 is 0 Å². The number of amides is 1. The maximum Gasteiger partial charge on any atom is 0.295 e. The first-order chi connectivity index (χ1) is 15.1. The number of ether oxygens (including phenoxy) is 1. The van der Waals surface area contributed by atoms with Crippen LogP contribution in [0.2, 0.25) is 0 Å². The van der Waals surface area contributed by atoms with Gasteiger partial charge in [-0.1, -0.05) is 28.1 Å². The van der Waals surface area contributed by atoms with Gasteiger partial charge in [0.2, 0.25) is 0 Å². The third-order valence-corrected chi connectivity index (χ3v) is 5.85. The lowest BCUT2D eigenvalue weighted by molar-refractivity contribution is -0.140. The van der Waals surface area contributed by atoms with Gasteiger partial charge in [0.05, 0.1) is 17.7 Å². The summed E-state index contributed by atoms with van der Waals surface area (Å²) in [7, 11) is 3.82. The highest BCUT2D eigenvalue weighted by Gasteiger charge is 2.45. The average Bonchev–Trinajstić information content (AvgIpc) is 2.98. The fourth-order valence-electron chi connectivity index (χ4n) is 3.75. The van der Waals surface area contributed by atoms with Crippen molar-refractivity contribution in [1.82, 2.24) is 9.80 Å². The molecule has 1 aliphatic rings. The first-order valence-electron chi connectivity index (χ1n) is 10.6. The summed E-state index contributed by atoms with van der Waals surface area (Å²) in [5.41, 5.74) is 2.19. The lowest BCUT2D eigenvalue weighted by Gasteiger charge is -2.26. The number of nitrogens with zero attached hydrogens (tertiary/aromatic N) is 2. The van der Waals surface area contributed by atoms with Crippen LogP contribution in [0.5, 0.6) is 5.75 Å². The van der Waals surface area contributed by atoms with Gasteiger partial charge in [0.15, 0.2) is 0 Å². The number of hydrogen-bond donors (Lipinski definition) is 1. The lowest BCUT2D eigenvalue weighted by atomic mass is 9.95. The number of carbonyl (C=O) groups excluding carboxylic acids is 2. The van der Waals surface area contributed by atoms with Crippen LogP contribution in [0.25, 0.3) is 5.76 Å². The number of halogens is 1. The van der Waals surface area contributed by atoms with Crippen LogP contribution in [-0.4, -0.2) is 59.9 Å². The van der Waals surface area contributed by atoms with Crippen LogP contribution in [0.1, 0.15) is 36.6 Å². The molecule has 170 valence electrons. The Hall–Kier alpha value is -2.64. The van der Waals surface area contributed by atoms with E-state index in [1.165, 1.54) is 0 Å². The van der Waals surface area contributed by atoms with E-state index in [4.69, 9.17) is 4.74 Å². The van der Waals surface area contributed by atoms with Gasteiger partial charge in [-0.25, -0.2) is 0 Å². The number of Topliss-reactive ketones (excluding diaryl/α,β-unsaturated/α-hetero) is 1. The van der Waals surface area contributed by atoms with Crippen molar-refractivity contribution in [3.05, 3.63) is 69.2 Å². The molecular weight excluding hydrogens is 472 g/mol. The summed E-state index contributed by atoms with van der Waals surface area (Å²) in [4.78, 5) is 29.5. The second-order valence-electron chi connectivity index (χ2n) is 8.49. The van der Waals surface area contributed by atoms with Crippen molar-refractivity contribution in [3.63, 3.8) is 0 Å². The molecule has 1 atom stereocenters. The van der Waals surface area contributed by atoms with E-state index in [9.17, 15) is 14.7 Å². The van der Waals surface area contributed by atoms with Crippen molar-refractivity contribution in [1.29, 1.82) is 0 Å². The standard InChI is InChI=1S/C25H29BrN2O4/c1-15(2)32-20-11-8-18(14-16(20)3)23(29)21-22(17-6-9-19(26)10-7-17)28(13-12-27(4)5)25(31)24(21)30/h6-11,14-15,22,29H,12-13H2,1-5H3/b23-21+/t22-/m0/s1. The number of ketones is 1. The van der Waals surface area contributed by atoms with Gasteiger partial charge in [-0.3, -0.25) is 9.59 Å². The van der Waals surface area contributed by atoms with Crippen LogP contribution in [-0.2, 0) is 9.59 Å². The molecule has 1 heterocycles. The van der Waals surface area contributed by atoms with Gasteiger partial charge in [0.1, 0.15) is 11.5 Å². The molecule has 32 heavy (non-hydrogen) atoms. The number of hydrogen-bond acceptors (Lipinski definition) is 5. The molecule has 0 unspecified atom stereocenters. The highest BCUT2D eigenvalue weighted by Crippen LogP contribution is 2.40. The Kier molecular flexibility index (Phi) is 7.41. The highest BCUT2D eigenvalue weighted by atomic mass is 79.9. The Bertz CT molecular complexity index is 1040. The molecule has 0 spiro atoms. The van der Waals surface area contributed by atoms with Crippen LogP contribution in [0.15, 0.2) is 52.5 Å². The average molecular weight is 501 g/mol. The molecular formula is C25H29BrN2O4. The Morgan fingerprint density at radius 1 is 1.16 bits per heavy atom. The first kappa shape index (κ1) is 24.0. The molecule has 6 nitrogen and oxygen atoms in total. The number of benzene rings is 2. The number of aliphatic hydroxyl groups is 1. The summed E-state index contributed by atoms with van der Waals surface area (Å²) in [5.74, 6) is -0.734. The van der Waals surface area contributed by atoms with Gasteiger partial charge in [0.25, 0.3) is 11.7 Å². The number of carbonyl (C=O) groups is 2. The van der Waals surface area contributed by atoms with E-state index in [1.54, 1.807) is 23.1 Å². The molecule has 2 aromatic carbocycles. The molecule has 1 amide bonds. The van der Waals surface area contributed by atoms with E-state index < -0.39 is 17.7 Å². The second kappa shape index (κ2) is 9.88. The zero-order chi connectivity index (χ0) is 23.6. The summed E-state index contributed by atoms with van der Waals surface area (Å²) in [6.45, 7) is 6.74. The van der Waals surface area contributed by atoms with Crippen LogP contribution < -0.4 is 4.74 Å². The zero-order valence-electron chi connectivity index (χ0n) is 19.1. The summed E-state index contributed by atoms with van der Waals surface area (Å²) < 4.78 is 6.67. The summed E-state index contributed by atoms with van der Waals surface area (Å²) in [6.07, 6.45) is 0.0209. The molecule has 2 aromatic rings. The number of aryl methyl sites for hydroxylation is 1. The minimum absolute atomic E-state index is 0.0209. The van der Waals surface area contributed by atoms with Gasteiger partial charge >= 0.3 is 0 Å². The Morgan fingerprint density at radius 2 is 1.81 bits per heavy atom. The van der Waals surface area contributed by atoms with Crippen molar-refractivity contribution < 1.29 is 19.4 Å². The molecule has 1 saturated heterocycles. The van der Waals surface area contributed by atoms with E-state index in [1.807, 2.05) is 64.0 Å². The summed E-state index contributed by atoms with van der Waals surface area (Å²) >= 11 is 3.43. The Labute approximate surface area is 197 Å². The molecule has 7 heteroatoms. The van der Waals surface area contributed by atoms with Crippen LogP contribution in [0, 0.1) is 6.92 Å². The summed E-state index contributed by atoms with van der Waals surface area (Å²) in [5, 5.41) is 11.2. The largest absolute Gasteiger partial charge is 0.507 e. The van der Waals surface area contributed by atoms with Gasteiger partial charge in [0, 0.05) is 23.1 Å². The van der Waals surface area contributed by atoms with Gasteiger partial charge in [-0.15, -0.1) is 0 Å². The van der Waals surface area contributed by atoms with Crippen molar-refractivity contribution in [2.45, 2.75) is 32.9 Å². The Morgan fingerprint density at radius 3 is 2.38 bits per heavy atom. The van der Waals surface area contributed by atoms with E-state index in [2.05, 4.69) is 15.9 Å². The Balaban J connectivity index is 2.11. The first-order valence-corrected chi connectivity index (χ1v) is 11.4. The fraction of sp³-hybridized carbons (Fsp3) is 0.360. The predicted octanol–water partition coefficient (Wildman–Crippen LogP) is 4.53. The molecule has 0 bridgehead atoms. The summed E-state index contributed by atoms with van der Waals surface area (Å²) in [6, 6.07) is 12.1. The quantitative estimate of drug-likeness (QED) is 0.343. The van der Waals surface area contributed by atoms with Crippen LogP contribution in [0.3, 0.4) is 0 Å². The number of likely N-dealkylation sites (tertiary alicyclic amines) is 1. The maximum absolute atomic E-state index is 13.1. The minimum atomic E-state index is -0.672. The molecule has 0 saturated carbocycles. The van der Waals surface area contributed by atoms with Gasteiger partial charge in [-0.2, -0.15) is 0 Å². The van der Waals surface area contributed by atoms with Crippen LogP contribution in [0.4, 0.5) is 0 Å². The van der Waals surface area contributed by atoms with Crippen molar-refractivity contribution in [2.24, 2.45) is 0 Å². The molecule has 3 rings (SSSR count). The van der Waals surface area contributed by atoms with Crippen molar-refractivity contribution in [3.8, 4) is 5.75 Å². The van der Waals surface area contributed by atoms with Gasteiger partial charge in [-0.05, 0) is 76.3 Å². The highest BCUT2D eigenvalue weighted by molar-refractivity contribution is 9.10. The molecule has 0 aromatic heterocycles. The minimum Gasteiger partial charge on any atom is -0.507 e. The molecule has 1 N–H and O–H groups in total. The van der Waals surface area contributed by atoms with Crippen molar-refractivity contribution >= 4 is 33.4 Å². The van der Waals surface area contributed by atoms with E-state index in [0.29, 0.717) is 24.4 Å². The fourth-order valence-corrected chi connectivity index (χ4v) is 4.01. The molecule has 0 radical (unpaired) electrons. The third-order valence-electron chi connectivity index (χ3n) is 5.32. The van der Waals surface area contributed by atoms with Gasteiger partial charge < -0.3 is 19.6 Å². The van der Waals surface area contributed by atoms with Crippen molar-refractivity contribution in [2.75, 3.05) is 27.2 Å². The number of aliphatic hydroxyl groups excluding tert-OH is 1. The lowest BCUT2D eigenvalue weighted by Crippen LogP contribution is -2.35. The smallest absolute Gasteiger partial charge is 0.295 e. The van der Waals surface area contributed by atoms with E-state index in [-0.39, 0.29) is 17.4 Å².